The molecule has 2 aromatic carbocycles. The molecule has 9 nitrogen and oxygen atoms in total. The van der Waals surface area contributed by atoms with E-state index in [0.717, 1.165) is 0 Å². The summed E-state index contributed by atoms with van der Waals surface area (Å²) in [6.07, 6.45) is 0. The van der Waals surface area contributed by atoms with E-state index in [1.54, 1.807) is 38.2 Å². The van der Waals surface area contributed by atoms with Crippen molar-refractivity contribution in [2.75, 3.05) is 31.3 Å². The SMILES string of the molecule is COc1cccc(NC(=O)C[NH+](C)[C@@H](C)C(=O)Nc2cc([N+](=O)[O-])ccc2Cl)c1. The average Bonchev–Trinajstić information content (AvgIpc) is 2.68. The molecule has 0 aliphatic rings. The molecular formula is C19H22ClN4O5+. The Kier molecular flexibility index (Phi) is 7.52. The van der Waals surface area contributed by atoms with Gasteiger partial charge >= 0.3 is 0 Å². The fourth-order valence-corrected chi connectivity index (χ4v) is 2.66. The van der Waals surface area contributed by atoms with Crippen molar-refractivity contribution in [1.82, 2.24) is 0 Å². The second kappa shape index (κ2) is 9.85. The van der Waals surface area contributed by atoms with Gasteiger partial charge in [0.25, 0.3) is 17.5 Å². The first-order valence-electron chi connectivity index (χ1n) is 8.72. The number of rotatable bonds is 8. The summed E-state index contributed by atoms with van der Waals surface area (Å²) >= 11 is 6.01. The van der Waals surface area contributed by atoms with Crippen LogP contribution in [0.3, 0.4) is 0 Å². The number of benzene rings is 2. The molecular weight excluding hydrogens is 400 g/mol. The highest BCUT2D eigenvalue weighted by atomic mass is 35.5. The van der Waals surface area contributed by atoms with Crippen molar-refractivity contribution in [2.24, 2.45) is 0 Å². The summed E-state index contributed by atoms with van der Waals surface area (Å²) in [6.45, 7) is 1.68. The third-order valence-corrected chi connectivity index (χ3v) is 4.67. The summed E-state index contributed by atoms with van der Waals surface area (Å²) in [6, 6.07) is 10.1. The second-order valence-corrected chi connectivity index (χ2v) is 6.84. The first-order valence-corrected chi connectivity index (χ1v) is 9.10. The molecule has 0 spiro atoms. The number of halogens is 1. The van der Waals surface area contributed by atoms with Gasteiger partial charge in [0.2, 0.25) is 0 Å². The van der Waals surface area contributed by atoms with Crippen molar-refractivity contribution in [1.29, 1.82) is 0 Å². The van der Waals surface area contributed by atoms with Crippen LogP contribution >= 0.6 is 11.6 Å². The van der Waals surface area contributed by atoms with Gasteiger partial charge in [0.15, 0.2) is 12.6 Å². The number of amides is 2. The average molecular weight is 422 g/mol. The monoisotopic (exact) mass is 421 g/mol. The fourth-order valence-electron chi connectivity index (χ4n) is 2.50. The molecule has 0 aromatic heterocycles. The topological polar surface area (TPSA) is 115 Å². The fraction of sp³-hybridized carbons (Fsp3) is 0.263. The predicted octanol–water partition coefficient (Wildman–Crippen LogP) is 1.74. The number of non-ortho nitro benzene ring substituents is 1. The van der Waals surface area contributed by atoms with Gasteiger partial charge in [0, 0.05) is 23.9 Å². The molecule has 29 heavy (non-hydrogen) atoms. The lowest BCUT2D eigenvalue weighted by molar-refractivity contribution is -0.885. The van der Waals surface area contributed by atoms with Crippen molar-refractivity contribution in [3.05, 3.63) is 57.6 Å². The Labute approximate surface area is 172 Å². The van der Waals surface area contributed by atoms with E-state index in [-0.39, 0.29) is 28.8 Å². The van der Waals surface area contributed by atoms with Crippen LogP contribution in [0.5, 0.6) is 5.75 Å². The predicted molar refractivity (Wildman–Crippen MR) is 110 cm³/mol. The van der Waals surface area contributed by atoms with Crippen molar-refractivity contribution in [3.8, 4) is 5.75 Å². The van der Waals surface area contributed by atoms with Gasteiger partial charge in [-0.25, -0.2) is 0 Å². The van der Waals surface area contributed by atoms with Crippen LogP contribution in [0.4, 0.5) is 17.1 Å². The zero-order valence-corrected chi connectivity index (χ0v) is 16.9. The highest BCUT2D eigenvalue weighted by Crippen LogP contribution is 2.26. The van der Waals surface area contributed by atoms with Crippen LogP contribution in [-0.4, -0.2) is 43.5 Å². The van der Waals surface area contributed by atoms with E-state index in [9.17, 15) is 19.7 Å². The molecule has 3 N–H and O–H groups in total. The quantitative estimate of drug-likeness (QED) is 0.443. The van der Waals surface area contributed by atoms with Crippen molar-refractivity contribution < 1.29 is 24.1 Å². The molecule has 0 fully saturated rings. The number of carbonyl (C=O) groups is 2. The van der Waals surface area contributed by atoms with Gasteiger partial charge in [-0.15, -0.1) is 0 Å². The Hall–Kier alpha value is -3.17. The normalized spacial score (nSPS) is 12.6. The summed E-state index contributed by atoms with van der Waals surface area (Å²) in [4.78, 5) is 35.7. The van der Waals surface area contributed by atoms with Gasteiger partial charge < -0.3 is 20.3 Å². The molecule has 0 bridgehead atoms. The van der Waals surface area contributed by atoms with Crippen LogP contribution < -0.4 is 20.3 Å². The number of likely N-dealkylation sites (N-methyl/N-ethyl adjacent to an activating group) is 1. The Morgan fingerprint density at radius 1 is 1.24 bits per heavy atom. The van der Waals surface area contributed by atoms with Crippen molar-refractivity contribution in [2.45, 2.75) is 13.0 Å². The molecule has 154 valence electrons. The number of nitro groups is 1. The van der Waals surface area contributed by atoms with E-state index in [0.29, 0.717) is 16.3 Å². The maximum absolute atomic E-state index is 12.5. The number of quaternary nitrogens is 1. The summed E-state index contributed by atoms with van der Waals surface area (Å²) in [5.41, 5.74) is 0.546. The van der Waals surface area contributed by atoms with E-state index in [1.165, 1.54) is 25.3 Å². The lowest BCUT2D eigenvalue weighted by atomic mass is 10.2. The molecule has 0 saturated heterocycles. The van der Waals surface area contributed by atoms with E-state index in [2.05, 4.69) is 10.6 Å². The molecule has 2 rings (SSSR count). The zero-order valence-electron chi connectivity index (χ0n) is 16.2. The second-order valence-electron chi connectivity index (χ2n) is 6.44. The Bertz CT molecular complexity index is 921. The van der Waals surface area contributed by atoms with Crippen LogP contribution in [0.25, 0.3) is 0 Å². The molecule has 2 aromatic rings. The van der Waals surface area contributed by atoms with Crippen LogP contribution in [0.2, 0.25) is 5.02 Å². The molecule has 0 radical (unpaired) electrons. The number of carbonyl (C=O) groups excluding carboxylic acids is 2. The van der Waals surface area contributed by atoms with Gasteiger partial charge in [0.05, 0.1) is 29.8 Å². The number of ether oxygens (including phenoxy) is 1. The Morgan fingerprint density at radius 2 is 1.97 bits per heavy atom. The molecule has 2 atom stereocenters. The smallest absolute Gasteiger partial charge is 0.282 e. The van der Waals surface area contributed by atoms with E-state index >= 15 is 0 Å². The molecule has 0 aliphatic carbocycles. The van der Waals surface area contributed by atoms with Gasteiger partial charge in [-0.05, 0) is 25.1 Å². The summed E-state index contributed by atoms with van der Waals surface area (Å²) in [5.74, 6) is -0.0760. The molecule has 1 unspecified atom stereocenters. The van der Waals surface area contributed by atoms with Gasteiger partial charge in [-0.2, -0.15) is 0 Å². The summed E-state index contributed by atoms with van der Waals surface area (Å²) in [5, 5.41) is 16.4. The molecule has 0 aliphatic heterocycles. The van der Waals surface area contributed by atoms with E-state index in [1.807, 2.05) is 0 Å². The van der Waals surface area contributed by atoms with Crippen LogP contribution in [0.15, 0.2) is 42.5 Å². The molecule has 2 amide bonds. The maximum Gasteiger partial charge on any atom is 0.282 e. The number of nitro benzene ring substituents is 1. The minimum atomic E-state index is -0.610. The van der Waals surface area contributed by atoms with Crippen molar-refractivity contribution >= 4 is 40.5 Å². The Morgan fingerprint density at radius 3 is 2.62 bits per heavy atom. The molecule has 0 heterocycles. The highest BCUT2D eigenvalue weighted by Gasteiger charge is 2.25. The maximum atomic E-state index is 12.5. The molecule has 0 saturated carbocycles. The third kappa shape index (κ3) is 6.16. The van der Waals surface area contributed by atoms with Crippen LogP contribution in [0.1, 0.15) is 6.92 Å². The number of nitrogens with zero attached hydrogens (tertiary/aromatic N) is 1. The number of hydrogen-bond acceptors (Lipinski definition) is 5. The third-order valence-electron chi connectivity index (χ3n) is 4.34. The summed E-state index contributed by atoms with van der Waals surface area (Å²) < 4.78 is 5.11. The van der Waals surface area contributed by atoms with Crippen molar-refractivity contribution in [3.63, 3.8) is 0 Å². The standard InChI is InChI=1S/C19H21ClN4O5/c1-12(19(26)22-17-10-14(24(27)28)7-8-16(17)20)23(2)11-18(25)21-13-5-4-6-15(9-13)29-3/h4-10,12H,11H2,1-3H3,(H,21,25)(H,22,26)/p+1/t12-/m0/s1. The largest absolute Gasteiger partial charge is 0.497 e. The highest BCUT2D eigenvalue weighted by molar-refractivity contribution is 6.33. The zero-order chi connectivity index (χ0) is 21.6. The number of methoxy groups -OCH3 is 1. The van der Waals surface area contributed by atoms with Gasteiger partial charge in [-0.1, -0.05) is 17.7 Å². The minimum absolute atomic E-state index is 0.0362. The van der Waals surface area contributed by atoms with Gasteiger partial charge in [-0.3, -0.25) is 19.7 Å². The summed E-state index contributed by atoms with van der Waals surface area (Å²) in [7, 11) is 3.23. The van der Waals surface area contributed by atoms with Crippen LogP contribution in [0, 0.1) is 10.1 Å². The molecule has 10 heteroatoms. The van der Waals surface area contributed by atoms with Gasteiger partial charge in [0.1, 0.15) is 5.75 Å². The minimum Gasteiger partial charge on any atom is -0.497 e. The lowest BCUT2D eigenvalue weighted by Crippen LogP contribution is -3.14. The number of hydrogen-bond donors (Lipinski definition) is 3. The van der Waals surface area contributed by atoms with E-state index < -0.39 is 16.9 Å². The number of nitrogens with one attached hydrogen (secondary N) is 3. The first-order chi connectivity index (χ1) is 13.7. The van der Waals surface area contributed by atoms with E-state index in [4.69, 9.17) is 16.3 Å². The lowest BCUT2D eigenvalue weighted by Gasteiger charge is -2.21. The number of anilines is 2. The van der Waals surface area contributed by atoms with Crippen LogP contribution in [-0.2, 0) is 9.59 Å². The first kappa shape index (κ1) is 22.1. The Balaban J connectivity index is 1.97.